The molecule has 19 heavy (non-hydrogen) atoms. The Labute approximate surface area is 123 Å². The third-order valence-corrected chi connectivity index (χ3v) is 3.75. The van der Waals surface area contributed by atoms with Crippen molar-refractivity contribution in [3.05, 3.63) is 51.0 Å². The van der Waals surface area contributed by atoms with Crippen molar-refractivity contribution in [2.45, 2.75) is 19.5 Å². The van der Waals surface area contributed by atoms with Crippen LogP contribution in [-0.4, -0.2) is 9.78 Å². The van der Waals surface area contributed by atoms with E-state index in [2.05, 4.69) is 26.5 Å². The minimum atomic E-state index is -0.355. The van der Waals surface area contributed by atoms with Crippen LogP contribution in [0.4, 0.5) is 4.39 Å². The monoisotopic (exact) mass is 346 g/mol. The number of benzene rings is 1. The molecule has 3 N–H and O–H groups in total. The lowest BCUT2D eigenvalue weighted by atomic mass is 10.0. The molecule has 0 radical (unpaired) electrons. The van der Waals surface area contributed by atoms with Crippen molar-refractivity contribution in [2.24, 2.45) is 5.84 Å². The molecule has 2 aromatic rings. The second-order valence-corrected chi connectivity index (χ2v) is 5.23. The van der Waals surface area contributed by atoms with Crippen molar-refractivity contribution >= 4 is 27.5 Å². The summed E-state index contributed by atoms with van der Waals surface area (Å²) >= 11 is 9.32. The Morgan fingerprint density at radius 3 is 2.89 bits per heavy atom. The van der Waals surface area contributed by atoms with Gasteiger partial charge in [-0.2, -0.15) is 5.10 Å². The molecule has 1 heterocycles. The molecule has 0 saturated heterocycles. The van der Waals surface area contributed by atoms with E-state index in [1.54, 1.807) is 23.0 Å². The molecule has 0 amide bonds. The zero-order chi connectivity index (χ0) is 14.0. The molecule has 0 saturated carbocycles. The van der Waals surface area contributed by atoms with Crippen LogP contribution in [0.2, 0.25) is 5.02 Å². The number of nitrogens with zero attached hydrogens (tertiary/aromatic N) is 2. The van der Waals surface area contributed by atoms with Crippen LogP contribution in [0.3, 0.4) is 0 Å². The predicted octanol–water partition coefficient (Wildman–Crippen LogP) is 3.01. The molecule has 0 fully saturated rings. The molecular formula is C12H13BrClFN4. The first-order valence-electron chi connectivity index (χ1n) is 5.70. The third-order valence-electron chi connectivity index (χ3n) is 2.85. The van der Waals surface area contributed by atoms with Crippen molar-refractivity contribution in [1.82, 2.24) is 15.2 Å². The molecule has 1 unspecified atom stereocenters. The van der Waals surface area contributed by atoms with Gasteiger partial charge in [-0.15, -0.1) is 0 Å². The van der Waals surface area contributed by atoms with E-state index in [-0.39, 0.29) is 11.9 Å². The van der Waals surface area contributed by atoms with Gasteiger partial charge in [-0.05, 0) is 40.5 Å². The summed E-state index contributed by atoms with van der Waals surface area (Å²) in [5, 5.41) is 4.69. The van der Waals surface area contributed by atoms with E-state index in [1.165, 1.54) is 6.07 Å². The van der Waals surface area contributed by atoms with Crippen LogP contribution in [-0.2, 0) is 6.54 Å². The number of hydrogen-bond acceptors (Lipinski definition) is 3. The predicted molar refractivity (Wildman–Crippen MR) is 76.2 cm³/mol. The van der Waals surface area contributed by atoms with Crippen LogP contribution in [0.25, 0.3) is 0 Å². The third kappa shape index (κ3) is 2.81. The summed E-state index contributed by atoms with van der Waals surface area (Å²) in [7, 11) is 0. The van der Waals surface area contributed by atoms with Crippen LogP contribution in [0.5, 0.6) is 0 Å². The van der Waals surface area contributed by atoms with Crippen molar-refractivity contribution in [2.75, 3.05) is 0 Å². The van der Waals surface area contributed by atoms with E-state index in [0.717, 1.165) is 11.3 Å². The Morgan fingerprint density at radius 2 is 2.32 bits per heavy atom. The fourth-order valence-electron chi connectivity index (χ4n) is 1.94. The molecule has 7 heteroatoms. The van der Waals surface area contributed by atoms with Gasteiger partial charge in [0.15, 0.2) is 0 Å². The van der Waals surface area contributed by atoms with E-state index in [4.69, 9.17) is 17.4 Å². The van der Waals surface area contributed by atoms with Crippen LogP contribution < -0.4 is 11.3 Å². The van der Waals surface area contributed by atoms with Crippen LogP contribution >= 0.6 is 27.5 Å². The Bertz CT molecular complexity index is 587. The van der Waals surface area contributed by atoms with Crippen LogP contribution in [0.1, 0.15) is 24.2 Å². The highest BCUT2D eigenvalue weighted by molar-refractivity contribution is 9.10. The minimum Gasteiger partial charge on any atom is -0.271 e. The van der Waals surface area contributed by atoms with Crippen molar-refractivity contribution in [3.63, 3.8) is 0 Å². The topological polar surface area (TPSA) is 55.9 Å². The number of hydrazine groups is 1. The molecular weight excluding hydrogens is 335 g/mol. The van der Waals surface area contributed by atoms with E-state index in [9.17, 15) is 4.39 Å². The molecule has 2 rings (SSSR count). The zero-order valence-electron chi connectivity index (χ0n) is 10.2. The van der Waals surface area contributed by atoms with Crippen molar-refractivity contribution in [1.29, 1.82) is 0 Å². The number of rotatable bonds is 4. The Morgan fingerprint density at radius 1 is 1.58 bits per heavy atom. The molecule has 102 valence electrons. The average molecular weight is 348 g/mol. The summed E-state index contributed by atoms with van der Waals surface area (Å²) in [4.78, 5) is 0. The van der Waals surface area contributed by atoms with Gasteiger partial charge in [0.05, 0.1) is 27.4 Å². The standard InChI is InChI=1S/C12H13BrClFN4/c1-2-19-12(9(14)6-17-19)11(18-16)7-3-4-10(15)8(13)5-7/h3-6,11,18H,2,16H2,1H3. The van der Waals surface area contributed by atoms with Gasteiger partial charge < -0.3 is 0 Å². The molecule has 0 aliphatic rings. The Hall–Kier alpha value is -0.950. The quantitative estimate of drug-likeness (QED) is 0.660. The van der Waals surface area contributed by atoms with E-state index >= 15 is 0 Å². The van der Waals surface area contributed by atoms with E-state index in [1.807, 2.05) is 6.92 Å². The maximum atomic E-state index is 13.3. The molecule has 0 aliphatic heterocycles. The first kappa shape index (κ1) is 14.5. The van der Waals surface area contributed by atoms with Gasteiger partial charge >= 0.3 is 0 Å². The number of nitrogens with two attached hydrogens (primary N) is 1. The van der Waals surface area contributed by atoms with E-state index < -0.39 is 0 Å². The lowest BCUT2D eigenvalue weighted by Gasteiger charge is -2.18. The Balaban J connectivity index is 2.49. The fourth-order valence-corrected chi connectivity index (χ4v) is 2.58. The summed E-state index contributed by atoms with van der Waals surface area (Å²) in [6, 6.07) is 4.36. The highest BCUT2D eigenvalue weighted by Gasteiger charge is 2.21. The van der Waals surface area contributed by atoms with Crippen molar-refractivity contribution in [3.8, 4) is 0 Å². The molecule has 0 spiro atoms. The SMILES string of the molecule is CCn1ncc(Cl)c1C(NN)c1ccc(F)c(Br)c1. The molecule has 1 aromatic heterocycles. The molecule has 1 aromatic carbocycles. The summed E-state index contributed by atoms with van der Waals surface area (Å²) in [5.41, 5.74) is 4.25. The lowest BCUT2D eigenvalue weighted by Crippen LogP contribution is -2.31. The normalized spacial score (nSPS) is 12.7. The average Bonchev–Trinajstić information content (AvgIpc) is 2.76. The number of aryl methyl sites for hydroxylation is 1. The Kier molecular flexibility index (Phi) is 4.57. The highest BCUT2D eigenvalue weighted by Crippen LogP contribution is 2.30. The van der Waals surface area contributed by atoms with Gasteiger partial charge in [0.2, 0.25) is 0 Å². The van der Waals surface area contributed by atoms with Gasteiger partial charge in [0.25, 0.3) is 0 Å². The minimum absolute atomic E-state index is 0.324. The molecule has 0 aliphatic carbocycles. The molecule has 1 atom stereocenters. The zero-order valence-corrected chi connectivity index (χ0v) is 12.5. The second kappa shape index (κ2) is 6.00. The lowest BCUT2D eigenvalue weighted by molar-refractivity contribution is 0.542. The summed E-state index contributed by atoms with van der Waals surface area (Å²) in [6.45, 7) is 2.63. The first-order valence-corrected chi connectivity index (χ1v) is 6.87. The van der Waals surface area contributed by atoms with Gasteiger partial charge in [-0.1, -0.05) is 17.7 Å². The number of hydrogen-bond donors (Lipinski definition) is 2. The largest absolute Gasteiger partial charge is 0.271 e. The maximum Gasteiger partial charge on any atom is 0.137 e. The maximum absolute atomic E-state index is 13.3. The summed E-state index contributed by atoms with van der Waals surface area (Å²) < 4.78 is 15.4. The highest BCUT2D eigenvalue weighted by atomic mass is 79.9. The summed E-state index contributed by atoms with van der Waals surface area (Å²) in [5.74, 6) is 5.29. The number of halogens is 3. The molecule has 4 nitrogen and oxygen atoms in total. The first-order chi connectivity index (χ1) is 9.08. The number of aromatic nitrogens is 2. The second-order valence-electron chi connectivity index (χ2n) is 3.97. The van der Waals surface area contributed by atoms with E-state index in [0.29, 0.717) is 16.0 Å². The van der Waals surface area contributed by atoms with Crippen LogP contribution in [0.15, 0.2) is 28.9 Å². The van der Waals surface area contributed by atoms with Crippen molar-refractivity contribution < 1.29 is 4.39 Å². The van der Waals surface area contributed by atoms with Gasteiger partial charge in [-0.25, -0.2) is 9.82 Å². The molecule has 0 bridgehead atoms. The smallest absolute Gasteiger partial charge is 0.137 e. The summed E-state index contributed by atoms with van der Waals surface area (Å²) in [6.07, 6.45) is 1.57. The number of nitrogens with one attached hydrogen (secondary N) is 1. The van der Waals surface area contributed by atoms with Gasteiger partial charge in [-0.3, -0.25) is 10.5 Å². The fraction of sp³-hybridized carbons (Fsp3) is 0.250. The van der Waals surface area contributed by atoms with Gasteiger partial charge in [0, 0.05) is 6.54 Å². The van der Waals surface area contributed by atoms with Gasteiger partial charge in [0.1, 0.15) is 5.82 Å². The van der Waals surface area contributed by atoms with Crippen LogP contribution in [0, 0.1) is 5.82 Å².